The van der Waals surface area contributed by atoms with Crippen LogP contribution in [0.15, 0.2) is 57.5 Å². The van der Waals surface area contributed by atoms with Crippen LogP contribution >= 0.6 is 15.9 Å². The summed E-state index contributed by atoms with van der Waals surface area (Å²) in [5.41, 5.74) is 2.48. The number of H-pyrrole nitrogens is 1. The van der Waals surface area contributed by atoms with E-state index in [1.165, 1.54) is 0 Å². The molecule has 1 aliphatic carbocycles. The van der Waals surface area contributed by atoms with Crippen molar-refractivity contribution in [3.63, 3.8) is 0 Å². The van der Waals surface area contributed by atoms with Crippen LogP contribution in [0.5, 0.6) is 11.5 Å². The van der Waals surface area contributed by atoms with Gasteiger partial charge in [0.05, 0.1) is 34.3 Å². The molecule has 0 saturated carbocycles. The molecule has 3 atom stereocenters. The molecule has 3 unspecified atom stereocenters. The molecule has 202 valence electrons. The molecule has 0 saturated heterocycles. The van der Waals surface area contributed by atoms with Crippen molar-refractivity contribution < 1.29 is 22.7 Å². The quantitative estimate of drug-likeness (QED) is 0.371. The molecule has 0 fully saturated rings. The number of nitrogens with zero attached hydrogens (tertiary/aromatic N) is 1. The summed E-state index contributed by atoms with van der Waals surface area (Å²) in [6.07, 6.45) is 5.93. The standard InChI is InChI=1S/C28H32BrN3O5S/c1-5-8-17-11-22-26(23(33)12-17)25(19(15-30)16(3)32-22)18-13-20(29)27(24(14-18)36-6-2)37-28(38(4,34)35)21-9-7-10-31-21/h7,9-10,13-14,17,25,28,31-32H,5-6,8,11-12H2,1-4H3. The summed E-state index contributed by atoms with van der Waals surface area (Å²) in [7, 11) is -3.66. The highest BCUT2D eigenvalue weighted by atomic mass is 79.9. The van der Waals surface area contributed by atoms with Crippen molar-refractivity contribution in [1.82, 2.24) is 10.3 Å². The summed E-state index contributed by atoms with van der Waals surface area (Å²) in [5.74, 6) is 0.296. The third-order valence-electron chi connectivity index (χ3n) is 6.88. The molecule has 38 heavy (non-hydrogen) atoms. The number of hydrogen-bond acceptors (Lipinski definition) is 7. The van der Waals surface area contributed by atoms with E-state index in [2.05, 4.69) is 39.2 Å². The Kier molecular flexibility index (Phi) is 8.38. The molecule has 10 heteroatoms. The number of dihydropyridines is 1. The predicted octanol–water partition coefficient (Wildman–Crippen LogP) is 5.82. The molecular formula is C28H32BrN3O5S. The van der Waals surface area contributed by atoms with E-state index in [4.69, 9.17) is 9.47 Å². The topological polar surface area (TPSA) is 121 Å². The van der Waals surface area contributed by atoms with Crippen LogP contribution in [0.3, 0.4) is 0 Å². The van der Waals surface area contributed by atoms with E-state index >= 15 is 0 Å². The normalized spacial score (nSPS) is 20.5. The highest BCUT2D eigenvalue weighted by Crippen LogP contribution is 2.48. The van der Waals surface area contributed by atoms with Gasteiger partial charge in [-0.3, -0.25) is 4.79 Å². The summed E-state index contributed by atoms with van der Waals surface area (Å²) >= 11 is 3.56. The number of Topliss-reactive ketones (excluding diaryl/α,β-unsaturated/α-hetero) is 1. The van der Waals surface area contributed by atoms with Crippen molar-refractivity contribution in [3.8, 4) is 17.6 Å². The summed E-state index contributed by atoms with van der Waals surface area (Å²) in [6.45, 7) is 6.09. The monoisotopic (exact) mass is 601 g/mol. The van der Waals surface area contributed by atoms with E-state index < -0.39 is 21.2 Å². The minimum atomic E-state index is -3.66. The van der Waals surface area contributed by atoms with Gasteiger partial charge in [-0.1, -0.05) is 13.3 Å². The number of ketones is 1. The van der Waals surface area contributed by atoms with Gasteiger partial charge in [-0.15, -0.1) is 0 Å². The van der Waals surface area contributed by atoms with Crippen molar-refractivity contribution in [2.75, 3.05) is 12.9 Å². The Morgan fingerprint density at radius 2 is 2.03 bits per heavy atom. The molecule has 0 amide bonds. The maximum atomic E-state index is 13.4. The highest BCUT2D eigenvalue weighted by Gasteiger charge is 2.39. The second-order valence-corrected chi connectivity index (χ2v) is 12.7. The van der Waals surface area contributed by atoms with E-state index in [0.29, 0.717) is 45.7 Å². The number of carbonyl (C=O) groups excluding carboxylic acids is 1. The maximum absolute atomic E-state index is 13.4. The van der Waals surface area contributed by atoms with Gasteiger partial charge < -0.3 is 19.8 Å². The van der Waals surface area contributed by atoms with Crippen molar-refractivity contribution in [2.45, 2.75) is 57.8 Å². The van der Waals surface area contributed by atoms with E-state index in [1.54, 1.807) is 30.5 Å². The van der Waals surface area contributed by atoms with Gasteiger partial charge >= 0.3 is 0 Å². The van der Waals surface area contributed by atoms with Crippen LogP contribution in [0.4, 0.5) is 0 Å². The second kappa shape index (κ2) is 11.4. The fourth-order valence-corrected chi connectivity index (χ4v) is 6.76. The van der Waals surface area contributed by atoms with Crippen LogP contribution in [-0.2, 0) is 14.6 Å². The summed E-state index contributed by atoms with van der Waals surface area (Å²) < 4.78 is 37.7. The zero-order valence-corrected chi connectivity index (χ0v) is 24.3. The van der Waals surface area contributed by atoms with Gasteiger partial charge in [0.25, 0.3) is 0 Å². The van der Waals surface area contributed by atoms with Crippen LogP contribution in [-0.4, -0.2) is 32.0 Å². The lowest BCUT2D eigenvalue weighted by atomic mass is 9.72. The number of carbonyl (C=O) groups is 1. The third kappa shape index (κ3) is 5.54. The van der Waals surface area contributed by atoms with Crippen LogP contribution in [0.2, 0.25) is 0 Å². The van der Waals surface area contributed by atoms with E-state index in [1.807, 2.05) is 13.8 Å². The number of halogens is 1. The molecule has 4 rings (SSSR count). The smallest absolute Gasteiger partial charge is 0.238 e. The zero-order chi connectivity index (χ0) is 27.6. The number of aromatic nitrogens is 1. The van der Waals surface area contributed by atoms with Gasteiger partial charge in [0, 0.05) is 35.8 Å². The summed E-state index contributed by atoms with van der Waals surface area (Å²) in [5, 5.41) is 13.4. The minimum Gasteiger partial charge on any atom is -0.490 e. The predicted molar refractivity (Wildman–Crippen MR) is 148 cm³/mol. The highest BCUT2D eigenvalue weighted by molar-refractivity contribution is 9.10. The maximum Gasteiger partial charge on any atom is 0.238 e. The molecule has 2 N–H and O–H groups in total. The number of aromatic amines is 1. The number of rotatable bonds is 9. The average molecular weight is 603 g/mol. The Bertz CT molecular complexity index is 1440. The molecule has 0 bridgehead atoms. The van der Waals surface area contributed by atoms with E-state index in [9.17, 15) is 18.5 Å². The van der Waals surface area contributed by atoms with E-state index in [-0.39, 0.29) is 17.5 Å². The van der Waals surface area contributed by atoms with Gasteiger partial charge in [-0.05, 0) is 78.4 Å². The molecule has 1 aliphatic heterocycles. The molecular weight excluding hydrogens is 570 g/mol. The van der Waals surface area contributed by atoms with E-state index in [0.717, 1.165) is 36.9 Å². The molecule has 2 aromatic rings. The van der Waals surface area contributed by atoms with Gasteiger partial charge in [0.2, 0.25) is 5.44 Å². The zero-order valence-electron chi connectivity index (χ0n) is 21.9. The average Bonchev–Trinajstić information content (AvgIpc) is 3.36. The SMILES string of the molecule is CCCC1CC(=O)C2=C(C1)NC(C)=C(C#N)C2c1cc(Br)c(OC(c2ccc[nH]2)S(C)(=O)=O)c(OCC)c1. The Balaban J connectivity index is 1.83. The van der Waals surface area contributed by atoms with Crippen molar-refractivity contribution in [1.29, 1.82) is 5.26 Å². The van der Waals surface area contributed by atoms with Crippen LogP contribution < -0.4 is 14.8 Å². The molecule has 0 radical (unpaired) electrons. The lowest BCUT2D eigenvalue weighted by Gasteiger charge is -2.35. The number of hydrogen-bond donors (Lipinski definition) is 2. The largest absolute Gasteiger partial charge is 0.490 e. The lowest BCUT2D eigenvalue weighted by molar-refractivity contribution is -0.117. The van der Waals surface area contributed by atoms with Gasteiger partial charge in [-0.2, -0.15) is 5.26 Å². The Morgan fingerprint density at radius 1 is 1.26 bits per heavy atom. The first kappa shape index (κ1) is 28.0. The van der Waals surface area contributed by atoms with Gasteiger partial charge in [0.15, 0.2) is 27.1 Å². The first-order valence-corrected chi connectivity index (χ1v) is 15.4. The van der Waals surface area contributed by atoms with Crippen molar-refractivity contribution in [2.24, 2.45) is 5.92 Å². The molecule has 2 aliphatic rings. The van der Waals surface area contributed by atoms with Crippen LogP contribution in [0.25, 0.3) is 0 Å². The number of allylic oxidation sites excluding steroid dienone is 4. The number of nitrogens with one attached hydrogen (secondary N) is 2. The van der Waals surface area contributed by atoms with Gasteiger partial charge in [0.1, 0.15) is 0 Å². The molecule has 8 nitrogen and oxygen atoms in total. The Labute approximate surface area is 232 Å². The van der Waals surface area contributed by atoms with Gasteiger partial charge in [-0.25, -0.2) is 8.42 Å². The van der Waals surface area contributed by atoms with Crippen LogP contribution in [0, 0.1) is 17.2 Å². The number of ether oxygens (including phenoxy) is 2. The molecule has 1 aromatic carbocycles. The molecule has 1 aromatic heterocycles. The van der Waals surface area contributed by atoms with Crippen LogP contribution in [0.1, 0.15) is 69.1 Å². The lowest BCUT2D eigenvalue weighted by Crippen LogP contribution is -2.34. The second-order valence-electron chi connectivity index (χ2n) is 9.75. The first-order chi connectivity index (χ1) is 18.1. The fraction of sp³-hybridized carbons (Fsp3) is 0.429. The number of sulfone groups is 1. The van der Waals surface area contributed by atoms with Crippen molar-refractivity contribution in [3.05, 3.63) is 68.7 Å². The Hall–Kier alpha value is -3.03. The summed E-state index contributed by atoms with van der Waals surface area (Å²) in [4.78, 5) is 16.4. The number of nitriles is 1. The third-order valence-corrected chi connectivity index (χ3v) is 8.60. The molecule has 2 heterocycles. The minimum absolute atomic E-state index is 0.0424. The first-order valence-electron chi connectivity index (χ1n) is 12.7. The number of benzene rings is 1. The van der Waals surface area contributed by atoms with Crippen molar-refractivity contribution >= 4 is 31.6 Å². The Morgan fingerprint density at radius 3 is 2.63 bits per heavy atom. The fourth-order valence-electron chi connectivity index (χ4n) is 5.32. The summed E-state index contributed by atoms with van der Waals surface area (Å²) in [6, 6.07) is 9.18. The molecule has 0 spiro atoms.